The summed E-state index contributed by atoms with van der Waals surface area (Å²) in [6, 6.07) is 0.658. The highest BCUT2D eigenvalue weighted by atomic mass is 16.6. The molecule has 2 rings (SSSR count). The Labute approximate surface area is 92.7 Å². The molecule has 0 aliphatic carbocycles. The second-order valence-corrected chi connectivity index (χ2v) is 5.25. The van der Waals surface area contributed by atoms with Crippen LogP contribution in [0.25, 0.3) is 0 Å². The Kier molecular flexibility index (Phi) is 3.33. The molecule has 2 heterocycles. The Morgan fingerprint density at radius 2 is 1.93 bits per heavy atom. The normalized spacial score (nSPS) is 32.4. The average molecular weight is 213 g/mol. The smallest absolute Gasteiger partial charge is 0.0940 e. The molecular formula is C12H23NO2. The van der Waals surface area contributed by atoms with E-state index in [1.807, 2.05) is 0 Å². The molecule has 2 aliphatic heterocycles. The summed E-state index contributed by atoms with van der Waals surface area (Å²) in [7, 11) is 0. The van der Waals surface area contributed by atoms with E-state index in [2.05, 4.69) is 25.7 Å². The van der Waals surface area contributed by atoms with Crippen LogP contribution in [0, 0.1) is 0 Å². The summed E-state index contributed by atoms with van der Waals surface area (Å²) in [5.41, 5.74) is 0.0396. The van der Waals surface area contributed by atoms with Crippen LogP contribution in [-0.2, 0) is 9.47 Å². The van der Waals surface area contributed by atoms with Crippen LogP contribution in [0.3, 0.4) is 0 Å². The van der Waals surface area contributed by atoms with Crippen LogP contribution in [0.4, 0.5) is 0 Å². The third-order valence-electron chi connectivity index (χ3n) is 3.69. The van der Waals surface area contributed by atoms with Gasteiger partial charge in [0.1, 0.15) is 0 Å². The number of hydrogen-bond donors (Lipinski definition) is 0. The Bertz CT molecular complexity index is 200. The highest BCUT2D eigenvalue weighted by Gasteiger charge is 2.39. The van der Waals surface area contributed by atoms with Crippen molar-refractivity contribution in [3.05, 3.63) is 0 Å². The van der Waals surface area contributed by atoms with Gasteiger partial charge in [0.25, 0.3) is 0 Å². The molecule has 0 N–H and O–H groups in total. The molecule has 0 bridgehead atoms. The molecule has 0 aromatic rings. The van der Waals surface area contributed by atoms with Crippen molar-refractivity contribution in [1.29, 1.82) is 0 Å². The van der Waals surface area contributed by atoms with Crippen LogP contribution < -0.4 is 0 Å². The summed E-state index contributed by atoms with van der Waals surface area (Å²) in [4.78, 5) is 2.52. The van der Waals surface area contributed by atoms with Crippen molar-refractivity contribution < 1.29 is 9.47 Å². The standard InChI is InChI=1S/C12H23NO2/c1-10(2)13-6-4-12(5-7-13)9-14-11(3)8-15-12/h10-11H,4-9H2,1-3H3. The van der Waals surface area contributed by atoms with Gasteiger partial charge in [-0.1, -0.05) is 0 Å². The van der Waals surface area contributed by atoms with Crippen molar-refractivity contribution >= 4 is 0 Å². The molecule has 2 saturated heterocycles. The van der Waals surface area contributed by atoms with Gasteiger partial charge in [-0.2, -0.15) is 0 Å². The third kappa shape index (κ3) is 2.52. The van der Waals surface area contributed by atoms with Crippen molar-refractivity contribution in [3.63, 3.8) is 0 Å². The van der Waals surface area contributed by atoms with Gasteiger partial charge in [0.2, 0.25) is 0 Å². The minimum Gasteiger partial charge on any atom is -0.373 e. The van der Waals surface area contributed by atoms with Crippen molar-refractivity contribution in [2.24, 2.45) is 0 Å². The fraction of sp³-hybridized carbons (Fsp3) is 1.00. The molecular weight excluding hydrogens is 190 g/mol. The molecule has 2 fully saturated rings. The number of piperidine rings is 1. The van der Waals surface area contributed by atoms with Gasteiger partial charge in [0.05, 0.1) is 24.9 Å². The number of ether oxygens (including phenoxy) is 2. The number of hydrogen-bond acceptors (Lipinski definition) is 3. The second kappa shape index (κ2) is 4.40. The second-order valence-electron chi connectivity index (χ2n) is 5.25. The Balaban J connectivity index is 1.86. The van der Waals surface area contributed by atoms with Crippen LogP contribution >= 0.6 is 0 Å². The van der Waals surface area contributed by atoms with E-state index >= 15 is 0 Å². The Morgan fingerprint density at radius 1 is 1.27 bits per heavy atom. The molecule has 3 nitrogen and oxygen atoms in total. The van der Waals surface area contributed by atoms with Crippen LogP contribution in [0.2, 0.25) is 0 Å². The molecule has 1 atom stereocenters. The summed E-state index contributed by atoms with van der Waals surface area (Å²) < 4.78 is 11.7. The molecule has 88 valence electrons. The van der Waals surface area contributed by atoms with E-state index < -0.39 is 0 Å². The maximum absolute atomic E-state index is 6.00. The topological polar surface area (TPSA) is 21.7 Å². The van der Waals surface area contributed by atoms with Gasteiger partial charge in [0, 0.05) is 19.1 Å². The predicted octanol–water partition coefficient (Wildman–Crippen LogP) is 1.66. The fourth-order valence-electron chi connectivity index (χ4n) is 2.41. The summed E-state index contributed by atoms with van der Waals surface area (Å²) in [5.74, 6) is 0. The molecule has 0 aromatic heterocycles. The van der Waals surface area contributed by atoms with Crippen molar-refractivity contribution in [2.75, 3.05) is 26.3 Å². The molecule has 1 spiro atoms. The number of likely N-dealkylation sites (tertiary alicyclic amines) is 1. The van der Waals surface area contributed by atoms with E-state index in [0.29, 0.717) is 6.04 Å². The fourth-order valence-corrected chi connectivity index (χ4v) is 2.41. The van der Waals surface area contributed by atoms with E-state index in [1.165, 1.54) is 0 Å². The van der Waals surface area contributed by atoms with E-state index in [4.69, 9.17) is 9.47 Å². The van der Waals surface area contributed by atoms with Gasteiger partial charge in [-0.05, 0) is 33.6 Å². The van der Waals surface area contributed by atoms with Crippen LogP contribution in [0.5, 0.6) is 0 Å². The first kappa shape index (κ1) is 11.4. The molecule has 3 heteroatoms. The molecule has 2 aliphatic rings. The minimum atomic E-state index is 0.0396. The summed E-state index contributed by atoms with van der Waals surface area (Å²) in [5, 5.41) is 0. The molecule has 0 aromatic carbocycles. The zero-order valence-electron chi connectivity index (χ0n) is 10.2. The minimum absolute atomic E-state index is 0.0396. The zero-order valence-corrected chi connectivity index (χ0v) is 10.2. The SMILES string of the molecule is CC1COC2(CCN(C(C)C)CC2)CO1. The highest BCUT2D eigenvalue weighted by Crippen LogP contribution is 2.30. The first-order valence-corrected chi connectivity index (χ1v) is 6.11. The van der Waals surface area contributed by atoms with Gasteiger partial charge in [-0.15, -0.1) is 0 Å². The molecule has 15 heavy (non-hydrogen) atoms. The van der Waals surface area contributed by atoms with Gasteiger partial charge >= 0.3 is 0 Å². The number of rotatable bonds is 1. The molecule has 0 saturated carbocycles. The lowest BCUT2D eigenvalue weighted by molar-refractivity contribution is -0.203. The molecule has 0 amide bonds. The van der Waals surface area contributed by atoms with Crippen LogP contribution in [0.15, 0.2) is 0 Å². The maximum atomic E-state index is 6.00. The van der Waals surface area contributed by atoms with Gasteiger partial charge in [-0.25, -0.2) is 0 Å². The van der Waals surface area contributed by atoms with E-state index in [-0.39, 0.29) is 11.7 Å². The monoisotopic (exact) mass is 213 g/mol. The first-order chi connectivity index (χ1) is 7.11. The van der Waals surface area contributed by atoms with Crippen molar-refractivity contribution in [2.45, 2.75) is 51.4 Å². The Morgan fingerprint density at radius 3 is 2.40 bits per heavy atom. The molecule has 0 radical (unpaired) electrons. The maximum Gasteiger partial charge on any atom is 0.0940 e. The summed E-state index contributed by atoms with van der Waals surface area (Å²) in [6.45, 7) is 10.5. The lowest BCUT2D eigenvalue weighted by Gasteiger charge is -2.45. The average Bonchev–Trinajstić information content (AvgIpc) is 2.24. The lowest BCUT2D eigenvalue weighted by Crippen LogP contribution is -2.54. The summed E-state index contributed by atoms with van der Waals surface area (Å²) in [6.07, 6.45) is 2.52. The van der Waals surface area contributed by atoms with Gasteiger partial charge < -0.3 is 14.4 Å². The Hall–Kier alpha value is -0.120. The predicted molar refractivity (Wildman–Crippen MR) is 60.0 cm³/mol. The van der Waals surface area contributed by atoms with Crippen molar-refractivity contribution in [1.82, 2.24) is 4.90 Å². The summed E-state index contributed by atoms with van der Waals surface area (Å²) >= 11 is 0. The largest absolute Gasteiger partial charge is 0.373 e. The van der Waals surface area contributed by atoms with E-state index in [1.54, 1.807) is 0 Å². The van der Waals surface area contributed by atoms with Crippen molar-refractivity contribution in [3.8, 4) is 0 Å². The number of nitrogens with zero attached hydrogens (tertiary/aromatic N) is 1. The third-order valence-corrected chi connectivity index (χ3v) is 3.69. The quantitative estimate of drug-likeness (QED) is 0.661. The van der Waals surface area contributed by atoms with Gasteiger partial charge in [0.15, 0.2) is 0 Å². The molecule has 1 unspecified atom stereocenters. The zero-order chi connectivity index (χ0) is 10.9. The first-order valence-electron chi connectivity index (χ1n) is 6.11. The van der Waals surface area contributed by atoms with Crippen LogP contribution in [0.1, 0.15) is 33.6 Å². The lowest BCUT2D eigenvalue weighted by atomic mass is 9.90. The van der Waals surface area contributed by atoms with Gasteiger partial charge in [-0.3, -0.25) is 0 Å². The highest BCUT2D eigenvalue weighted by molar-refractivity contribution is 4.90. The van der Waals surface area contributed by atoms with E-state index in [0.717, 1.165) is 39.1 Å². The van der Waals surface area contributed by atoms with E-state index in [9.17, 15) is 0 Å². The van der Waals surface area contributed by atoms with Crippen LogP contribution in [-0.4, -0.2) is 49.0 Å².